The Kier molecular flexibility index (Phi) is 2.69. The molecule has 0 N–H and O–H groups in total. The first-order valence-electron chi connectivity index (χ1n) is 5.91. The van der Waals surface area contributed by atoms with Crippen LogP contribution < -0.4 is 0 Å². The van der Waals surface area contributed by atoms with E-state index in [4.69, 9.17) is 0 Å². The molecule has 2 heteroatoms. The van der Waals surface area contributed by atoms with Gasteiger partial charge in [0.1, 0.15) is 0 Å². The molecule has 0 aliphatic carbocycles. The minimum absolute atomic E-state index is 0.976. The Morgan fingerprint density at radius 2 is 1.39 bits per heavy atom. The topological polar surface area (TPSA) is 17.8 Å². The number of rotatable bonds is 2. The molecule has 87 valence electrons. The predicted octanol–water partition coefficient (Wildman–Crippen LogP) is 3.55. The van der Waals surface area contributed by atoms with Gasteiger partial charge in [-0.2, -0.15) is 0 Å². The maximum absolute atomic E-state index is 4.40. The number of hydrogen-bond donors (Lipinski definition) is 0. The highest BCUT2D eigenvalue weighted by molar-refractivity contribution is 5.78. The first kappa shape index (κ1) is 10.8. The summed E-state index contributed by atoms with van der Waals surface area (Å²) in [5.74, 6) is 0. The predicted molar refractivity (Wildman–Crippen MR) is 72.9 cm³/mol. The smallest absolute Gasteiger partial charge is 0.177 e. The fourth-order valence-electron chi connectivity index (χ4n) is 2.11. The third-order valence-corrected chi connectivity index (χ3v) is 2.97. The van der Waals surface area contributed by atoms with Crippen molar-refractivity contribution >= 4 is 0 Å². The Morgan fingerprint density at radius 3 is 2.00 bits per heavy atom. The van der Waals surface area contributed by atoms with Crippen LogP contribution in [0.15, 0.2) is 60.7 Å². The van der Waals surface area contributed by atoms with E-state index >= 15 is 0 Å². The van der Waals surface area contributed by atoms with Crippen LogP contribution in [0.1, 0.15) is 0 Å². The first-order chi connectivity index (χ1) is 8.86. The summed E-state index contributed by atoms with van der Waals surface area (Å²) in [6.45, 7) is 0. The van der Waals surface area contributed by atoms with Crippen molar-refractivity contribution in [2.45, 2.75) is 0 Å². The molecule has 0 unspecified atom stereocenters. The molecule has 0 saturated heterocycles. The molecule has 3 rings (SSSR count). The van der Waals surface area contributed by atoms with Crippen molar-refractivity contribution in [1.82, 2.24) is 9.55 Å². The van der Waals surface area contributed by atoms with Crippen LogP contribution in [-0.4, -0.2) is 9.55 Å². The molecule has 0 atom stereocenters. The van der Waals surface area contributed by atoms with Crippen LogP contribution in [0.2, 0.25) is 0 Å². The summed E-state index contributed by atoms with van der Waals surface area (Å²) in [5, 5.41) is 0. The van der Waals surface area contributed by atoms with Crippen molar-refractivity contribution in [2.75, 3.05) is 0 Å². The van der Waals surface area contributed by atoms with Gasteiger partial charge in [0.25, 0.3) is 0 Å². The molecule has 0 aliphatic rings. The molecule has 3 aromatic rings. The highest BCUT2D eigenvalue weighted by Crippen LogP contribution is 2.29. The average Bonchev–Trinajstić information content (AvgIpc) is 2.83. The van der Waals surface area contributed by atoms with Crippen LogP contribution in [0.25, 0.3) is 22.5 Å². The van der Waals surface area contributed by atoms with Gasteiger partial charge in [-0.25, -0.2) is 4.98 Å². The van der Waals surface area contributed by atoms with E-state index in [1.807, 2.05) is 48.0 Å². The molecular formula is C16H13N2. The van der Waals surface area contributed by atoms with E-state index in [9.17, 15) is 0 Å². The van der Waals surface area contributed by atoms with Gasteiger partial charge in [0.05, 0.1) is 11.4 Å². The molecule has 0 aliphatic heterocycles. The SMILES string of the molecule is Cn1[c]nc(-c2ccccc2)c1-c1ccccc1. The highest BCUT2D eigenvalue weighted by Gasteiger charge is 2.12. The van der Waals surface area contributed by atoms with Crippen LogP contribution in [0, 0.1) is 6.33 Å². The molecule has 1 radical (unpaired) electrons. The van der Waals surface area contributed by atoms with E-state index in [0.717, 1.165) is 22.5 Å². The monoisotopic (exact) mass is 233 g/mol. The molecule has 2 aromatic carbocycles. The summed E-state index contributed by atoms with van der Waals surface area (Å²) in [5.41, 5.74) is 4.35. The van der Waals surface area contributed by atoms with E-state index < -0.39 is 0 Å². The molecule has 1 aromatic heterocycles. The van der Waals surface area contributed by atoms with Crippen LogP contribution in [-0.2, 0) is 7.05 Å². The summed E-state index contributed by atoms with van der Waals surface area (Å²) >= 11 is 0. The number of aromatic nitrogens is 2. The fraction of sp³-hybridized carbons (Fsp3) is 0.0625. The molecular weight excluding hydrogens is 220 g/mol. The van der Waals surface area contributed by atoms with Crippen LogP contribution in [0.3, 0.4) is 0 Å². The van der Waals surface area contributed by atoms with Crippen LogP contribution >= 0.6 is 0 Å². The van der Waals surface area contributed by atoms with Gasteiger partial charge in [-0.15, -0.1) is 0 Å². The van der Waals surface area contributed by atoms with E-state index in [0.29, 0.717) is 0 Å². The molecule has 0 fully saturated rings. The number of imidazole rings is 1. The molecule has 1 heterocycles. The number of benzene rings is 2. The minimum Gasteiger partial charge on any atom is -0.324 e. The second-order valence-electron chi connectivity index (χ2n) is 4.20. The summed E-state index contributed by atoms with van der Waals surface area (Å²) in [7, 11) is 1.97. The maximum atomic E-state index is 4.40. The van der Waals surface area contributed by atoms with E-state index in [2.05, 4.69) is 35.6 Å². The van der Waals surface area contributed by atoms with Gasteiger partial charge in [-0.05, 0) is 0 Å². The minimum atomic E-state index is 0.976. The maximum Gasteiger partial charge on any atom is 0.177 e. The van der Waals surface area contributed by atoms with E-state index in [-0.39, 0.29) is 0 Å². The van der Waals surface area contributed by atoms with Gasteiger partial charge in [0.15, 0.2) is 6.33 Å². The third-order valence-electron chi connectivity index (χ3n) is 2.97. The third kappa shape index (κ3) is 1.82. The van der Waals surface area contributed by atoms with Gasteiger partial charge in [0.2, 0.25) is 0 Å². The largest absolute Gasteiger partial charge is 0.324 e. The van der Waals surface area contributed by atoms with Crippen molar-refractivity contribution < 1.29 is 0 Å². The zero-order valence-electron chi connectivity index (χ0n) is 10.2. The van der Waals surface area contributed by atoms with E-state index in [1.165, 1.54) is 0 Å². The summed E-state index contributed by atoms with van der Waals surface area (Å²) in [6, 6.07) is 20.5. The Labute approximate surface area is 107 Å². The van der Waals surface area contributed by atoms with Crippen molar-refractivity contribution in [2.24, 2.45) is 7.05 Å². The van der Waals surface area contributed by atoms with Crippen LogP contribution in [0.4, 0.5) is 0 Å². The zero-order chi connectivity index (χ0) is 12.4. The molecule has 18 heavy (non-hydrogen) atoms. The fourth-order valence-corrected chi connectivity index (χ4v) is 2.11. The second kappa shape index (κ2) is 4.49. The molecule has 2 nitrogen and oxygen atoms in total. The molecule has 0 spiro atoms. The lowest BCUT2D eigenvalue weighted by molar-refractivity contribution is 0.910. The van der Waals surface area contributed by atoms with Crippen LogP contribution in [0.5, 0.6) is 0 Å². The van der Waals surface area contributed by atoms with Crippen molar-refractivity contribution in [1.29, 1.82) is 0 Å². The van der Waals surface area contributed by atoms with Gasteiger partial charge >= 0.3 is 0 Å². The molecule has 0 saturated carbocycles. The summed E-state index contributed by atoms with van der Waals surface area (Å²) in [4.78, 5) is 4.40. The molecule has 0 bridgehead atoms. The Bertz CT molecular complexity index is 639. The lowest BCUT2D eigenvalue weighted by Gasteiger charge is -2.06. The Hall–Kier alpha value is -2.35. The van der Waals surface area contributed by atoms with Crippen molar-refractivity contribution in [3.05, 3.63) is 67.0 Å². The van der Waals surface area contributed by atoms with Crippen molar-refractivity contribution in [3.63, 3.8) is 0 Å². The first-order valence-corrected chi connectivity index (χ1v) is 5.91. The lowest BCUT2D eigenvalue weighted by atomic mass is 10.1. The highest BCUT2D eigenvalue weighted by atomic mass is 15.0. The van der Waals surface area contributed by atoms with Gasteiger partial charge < -0.3 is 4.57 Å². The quantitative estimate of drug-likeness (QED) is 0.661. The standard InChI is InChI=1S/C16H13N2/c1-18-12-17-15(13-8-4-2-5-9-13)16(18)14-10-6-3-7-11-14/h2-11H,1H3. The van der Waals surface area contributed by atoms with Gasteiger partial charge in [-0.3, -0.25) is 0 Å². The van der Waals surface area contributed by atoms with Crippen molar-refractivity contribution in [3.8, 4) is 22.5 Å². The summed E-state index contributed by atoms with van der Waals surface area (Å²) in [6.07, 6.45) is 3.00. The number of hydrogen-bond acceptors (Lipinski definition) is 1. The van der Waals surface area contributed by atoms with Gasteiger partial charge in [0, 0.05) is 18.2 Å². The number of nitrogens with zero attached hydrogens (tertiary/aromatic N) is 2. The van der Waals surface area contributed by atoms with E-state index in [1.54, 1.807) is 0 Å². The molecule has 0 amide bonds. The average molecular weight is 233 g/mol. The summed E-state index contributed by atoms with van der Waals surface area (Å²) < 4.78 is 1.94. The lowest BCUT2D eigenvalue weighted by Crippen LogP contribution is -1.91. The normalized spacial score (nSPS) is 10.5. The number of aryl methyl sites for hydroxylation is 1. The zero-order valence-corrected chi connectivity index (χ0v) is 10.2. The Balaban J connectivity index is 2.19. The van der Waals surface area contributed by atoms with Gasteiger partial charge in [-0.1, -0.05) is 60.7 Å². The Morgan fingerprint density at radius 1 is 0.833 bits per heavy atom. The second-order valence-corrected chi connectivity index (χ2v) is 4.20.